The summed E-state index contributed by atoms with van der Waals surface area (Å²) in [5, 5.41) is 0. The van der Waals surface area contributed by atoms with Gasteiger partial charge in [0.15, 0.2) is 0 Å². The molecule has 1 aromatic carbocycles. The van der Waals surface area contributed by atoms with E-state index in [-0.39, 0.29) is 0 Å². The lowest BCUT2D eigenvalue weighted by Crippen LogP contribution is -2.20. The summed E-state index contributed by atoms with van der Waals surface area (Å²) in [6, 6.07) is 6.57. The average Bonchev–Trinajstić information content (AvgIpc) is 3.20. The highest BCUT2D eigenvalue weighted by Crippen LogP contribution is 2.50. The standard InChI is InChI=1S/C17H15N3S2/c1-2-4-12-11(3-1)16(17-14(18-12)7-8-21-17)10-5-6-13-15(9-10)20-22-19-13/h3,5-6,9,16H,1-2,4,7-8H2. The quantitative estimate of drug-likeness (QED) is 0.763. The van der Waals surface area contributed by atoms with E-state index in [9.17, 15) is 0 Å². The minimum atomic E-state index is 0.376. The molecule has 0 spiro atoms. The fourth-order valence-electron chi connectivity index (χ4n) is 3.63. The van der Waals surface area contributed by atoms with Crippen molar-refractivity contribution < 1.29 is 0 Å². The van der Waals surface area contributed by atoms with Crippen LogP contribution >= 0.6 is 23.5 Å². The van der Waals surface area contributed by atoms with Gasteiger partial charge < -0.3 is 0 Å². The van der Waals surface area contributed by atoms with Gasteiger partial charge in [0, 0.05) is 22.3 Å². The first kappa shape index (κ1) is 13.0. The van der Waals surface area contributed by atoms with E-state index in [0.29, 0.717) is 5.92 Å². The summed E-state index contributed by atoms with van der Waals surface area (Å²) in [6.45, 7) is 0. The summed E-state index contributed by atoms with van der Waals surface area (Å²) in [5.74, 6) is 1.55. The third-order valence-corrected chi connectivity index (χ3v) is 6.40. The SMILES string of the molecule is C1=C2C(=NC3=C(SCC3)C2c2ccc3nsnc3c2)CCC1. The fraction of sp³-hybridized carbons (Fsp3) is 0.353. The van der Waals surface area contributed by atoms with E-state index in [1.807, 2.05) is 11.8 Å². The molecule has 0 bridgehead atoms. The molecule has 5 heteroatoms. The van der Waals surface area contributed by atoms with E-state index in [4.69, 9.17) is 4.99 Å². The van der Waals surface area contributed by atoms with E-state index in [2.05, 4.69) is 33.0 Å². The zero-order valence-corrected chi connectivity index (χ0v) is 13.7. The maximum absolute atomic E-state index is 4.98. The third kappa shape index (κ3) is 1.92. The minimum Gasteiger partial charge on any atom is -0.257 e. The normalized spacial score (nSPS) is 24.1. The molecule has 3 aliphatic rings. The molecule has 0 saturated carbocycles. The minimum absolute atomic E-state index is 0.376. The molecule has 5 rings (SSSR count). The number of hydrogen-bond donors (Lipinski definition) is 0. The van der Waals surface area contributed by atoms with Gasteiger partial charge in [0.05, 0.1) is 17.4 Å². The average molecular weight is 325 g/mol. The molecule has 1 atom stereocenters. The van der Waals surface area contributed by atoms with Crippen LogP contribution in [0, 0.1) is 0 Å². The van der Waals surface area contributed by atoms with Crippen molar-refractivity contribution in [2.75, 3.05) is 5.75 Å². The molecule has 22 heavy (non-hydrogen) atoms. The summed E-state index contributed by atoms with van der Waals surface area (Å²) < 4.78 is 8.75. The van der Waals surface area contributed by atoms with Crippen molar-refractivity contribution in [2.24, 2.45) is 4.99 Å². The van der Waals surface area contributed by atoms with Crippen molar-refractivity contribution in [1.82, 2.24) is 8.75 Å². The molecule has 3 nitrogen and oxygen atoms in total. The summed E-state index contributed by atoms with van der Waals surface area (Å²) >= 11 is 3.29. The third-order valence-electron chi connectivity index (χ3n) is 4.65. The van der Waals surface area contributed by atoms with E-state index < -0.39 is 0 Å². The Morgan fingerprint density at radius 3 is 3.05 bits per heavy atom. The number of aliphatic imine (C=N–C) groups is 1. The number of rotatable bonds is 1. The van der Waals surface area contributed by atoms with Crippen LogP contribution in [-0.2, 0) is 0 Å². The van der Waals surface area contributed by atoms with Crippen molar-refractivity contribution >= 4 is 40.2 Å². The van der Waals surface area contributed by atoms with Gasteiger partial charge in [-0.1, -0.05) is 12.1 Å². The van der Waals surface area contributed by atoms with Gasteiger partial charge in [-0.05, 0) is 49.0 Å². The van der Waals surface area contributed by atoms with Gasteiger partial charge in [0.2, 0.25) is 0 Å². The Hall–Kier alpha value is -1.46. The molecule has 0 amide bonds. The van der Waals surface area contributed by atoms with Crippen LogP contribution in [0.5, 0.6) is 0 Å². The maximum atomic E-state index is 4.98. The summed E-state index contributed by atoms with van der Waals surface area (Å²) in [7, 11) is 0. The van der Waals surface area contributed by atoms with Gasteiger partial charge in [-0.15, -0.1) is 11.8 Å². The summed E-state index contributed by atoms with van der Waals surface area (Å²) in [4.78, 5) is 6.45. The molecule has 2 aliphatic heterocycles. The molecule has 0 fully saturated rings. The topological polar surface area (TPSA) is 38.1 Å². The monoisotopic (exact) mass is 325 g/mol. The Kier molecular flexibility index (Phi) is 2.98. The van der Waals surface area contributed by atoms with Crippen LogP contribution < -0.4 is 0 Å². The van der Waals surface area contributed by atoms with E-state index in [1.165, 1.54) is 57.8 Å². The number of benzene rings is 1. The number of thioether (sulfide) groups is 1. The molecule has 0 radical (unpaired) electrons. The molecule has 2 aromatic rings. The van der Waals surface area contributed by atoms with E-state index in [0.717, 1.165) is 23.9 Å². The van der Waals surface area contributed by atoms with Crippen molar-refractivity contribution in [3.05, 3.63) is 46.0 Å². The first-order valence-corrected chi connectivity index (χ1v) is 9.48. The Morgan fingerprint density at radius 1 is 1.09 bits per heavy atom. The fourth-order valence-corrected chi connectivity index (χ4v) is 5.41. The first-order chi connectivity index (χ1) is 10.9. The second-order valence-corrected chi connectivity index (χ2v) is 7.63. The highest BCUT2D eigenvalue weighted by Gasteiger charge is 2.34. The molecular formula is C17H15N3S2. The van der Waals surface area contributed by atoms with Crippen LogP contribution in [0.25, 0.3) is 11.0 Å². The number of aromatic nitrogens is 2. The highest BCUT2D eigenvalue weighted by molar-refractivity contribution is 8.03. The molecule has 0 saturated heterocycles. The van der Waals surface area contributed by atoms with Crippen LogP contribution in [0.2, 0.25) is 0 Å². The lowest BCUT2D eigenvalue weighted by molar-refractivity contribution is 0.821. The molecule has 1 aromatic heterocycles. The molecule has 1 aliphatic carbocycles. The number of nitrogens with zero attached hydrogens (tertiary/aromatic N) is 3. The largest absolute Gasteiger partial charge is 0.257 e. The zero-order chi connectivity index (χ0) is 14.5. The van der Waals surface area contributed by atoms with Gasteiger partial charge in [-0.2, -0.15) is 8.75 Å². The van der Waals surface area contributed by atoms with Crippen LogP contribution in [0.3, 0.4) is 0 Å². The van der Waals surface area contributed by atoms with E-state index in [1.54, 1.807) is 0 Å². The Bertz CT molecular complexity index is 860. The maximum Gasteiger partial charge on any atom is 0.105 e. The number of fused-ring (bicyclic) bond motifs is 2. The second kappa shape index (κ2) is 5.03. The molecular weight excluding hydrogens is 310 g/mol. The smallest absolute Gasteiger partial charge is 0.105 e. The Labute approximate surface area is 137 Å². The van der Waals surface area contributed by atoms with Crippen LogP contribution in [0.15, 0.2) is 45.4 Å². The Morgan fingerprint density at radius 2 is 2.05 bits per heavy atom. The van der Waals surface area contributed by atoms with Crippen molar-refractivity contribution in [2.45, 2.75) is 31.6 Å². The van der Waals surface area contributed by atoms with Crippen molar-refractivity contribution in [3.8, 4) is 0 Å². The van der Waals surface area contributed by atoms with E-state index >= 15 is 0 Å². The van der Waals surface area contributed by atoms with Gasteiger partial charge in [0.1, 0.15) is 11.0 Å². The van der Waals surface area contributed by atoms with Crippen LogP contribution in [0.4, 0.5) is 0 Å². The highest BCUT2D eigenvalue weighted by atomic mass is 32.2. The zero-order valence-electron chi connectivity index (χ0n) is 12.1. The molecule has 0 N–H and O–H groups in total. The van der Waals surface area contributed by atoms with Gasteiger partial charge in [-0.3, -0.25) is 4.99 Å². The lowest BCUT2D eigenvalue weighted by Gasteiger charge is -2.30. The summed E-state index contributed by atoms with van der Waals surface area (Å²) in [5.41, 5.74) is 7.48. The van der Waals surface area contributed by atoms with Crippen LogP contribution in [-0.4, -0.2) is 20.2 Å². The molecule has 110 valence electrons. The number of hydrogen-bond acceptors (Lipinski definition) is 5. The summed E-state index contributed by atoms with van der Waals surface area (Å²) in [6.07, 6.45) is 7.08. The molecule has 1 unspecified atom stereocenters. The lowest BCUT2D eigenvalue weighted by atomic mass is 9.80. The van der Waals surface area contributed by atoms with Crippen molar-refractivity contribution in [1.29, 1.82) is 0 Å². The van der Waals surface area contributed by atoms with Gasteiger partial charge in [0.25, 0.3) is 0 Å². The van der Waals surface area contributed by atoms with Gasteiger partial charge in [-0.25, -0.2) is 0 Å². The first-order valence-electron chi connectivity index (χ1n) is 7.76. The van der Waals surface area contributed by atoms with Crippen LogP contribution in [0.1, 0.15) is 37.2 Å². The number of allylic oxidation sites excluding steroid dienone is 4. The predicted octanol–water partition coefficient (Wildman–Crippen LogP) is 4.69. The molecule has 3 heterocycles. The van der Waals surface area contributed by atoms with Crippen molar-refractivity contribution in [3.63, 3.8) is 0 Å². The van der Waals surface area contributed by atoms with Gasteiger partial charge >= 0.3 is 0 Å². The predicted molar refractivity (Wildman–Crippen MR) is 93.6 cm³/mol. The Balaban J connectivity index is 1.70. The second-order valence-electron chi connectivity index (χ2n) is 5.96.